The Morgan fingerprint density at radius 1 is 0.795 bits per heavy atom. The van der Waals surface area contributed by atoms with Crippen LogP contribution in [0.25, 0.3) is 5.76 Å². The van der Waals surface area contributed by atoms with E-state index in [2.05, 4.69) is 41.5 Å². The average molecular weight is 525 g/mol. The van der Waals surface area contributed by atoms with Gasteiger partial charge in [0.15, 0.2) is 0 Å². The summed E-state index contributed by atoms with van der Waals surface area (Å²) >= 11 is 0. The minimum atomic E-state index is -0.762. The number of hydrogen-bond donors (Lipinski definition) is 1. The Labute approximate surface area is 232 Å². The van der Waals surface area contributed by atoms with Crippen molar-refractivity contribution in [3.8, 4) is 0 Å². The van der Waals surface area contributed by atoms with Gasteiger partial charge in [0.1, 0.15) is 5.76 Å². The van der Waals surface area contributed by atoms with Crippen LogP contribution >= 0.6 is 0 Å². The largest absolute Gasteiger partial charge is 0.507 e. The molecule has 3 aromatic rings. The van der Waals surface area contributed by atoms with Gasteiger partial charge < -0.3 is 10.0 Å². The van der Waals surface area contributed by atoms with Gasteiger partial charge in [-0.3, -0.25) is 14.5 Å². The van der Waals surface area contributed by atoms with E-state index in [0.29, 0.717) is 11.3 Å². The molecule has 1 aliphatic rings. The minimum Gasteiger partial charge on any atom is -0.507 e. The smallest absolute Gasteiger partial charge is 0.300 e. The van der Waals surface area contributed by atoms with Crippen molar-refractivity contribution in [3.63, 3.8) is 0 Å². The van der Waals surface area contributed by atoms with Crippen molar-refractivity contribution in [2.75, 3.05) is 23.9 Å². The fourth-order valence-electron chi connectivity index (χ4n) is 4.98. The molecule has 0 bridgehead atoms. The number of benzene rings is 3. The van der Waals surface area contributed by atoms with Crippen molar-refractivity contribution >= 4 is 28.8 Å². The molecule has 1 fully saturated rings. The lowest BCUT2D eigenvalue weighted by molar-refractivity contribution is -0.132. The molecule has 1 amide bonds. The fraction of sp³-hybridized carbons (Fsp3) is 0.353. The van der Waals surface area contributed by atoms with Crippen LogP contribution in [-0.4, -0.2) is 30.9 Å². The number of rotatable bonds is 4. The number of Topliss-reactive ketones (excluding diaryl/α,β-unsaturated/α-hetero) is 1. The SMILES string of the molecule is Cc1ccc(C(C)(C)C)cc1/C(O)=C1\C(=O)C(=O)N(c2ccc(N(C)C)cc2)C1c1ccc(C(C)(C)C)cc1. The summed E-state index contributed by atoms with van der Waals surface area (Å²) in [6.45, 7) is 14.7. The van der Waals surface area contributed by atoms with Gasteiger partial charge in [-0.2, -0.15) is 0 Å². The second-order valence-corrected chi connectivity index (χ2v) is 12.7. The van der Waals surface area contributed by atoms with Crippen molar-refractivity contribution in [1.29, 1.82) is 0 Å². The monoisotopic (exact) mass is 524 g/mol. The number of carbonyl (C=O) groups is 2. The molecule has 5 heteroatoms. The number of nitrogens with zero attached hydrogens (tertiary/aromatic N) is 2. The van der Waals surface area contributed by atoms with E-state index in [1.807, 2.05) is 92.6 Å². The van der Waals surface area contributed by atoms with Crippen molar-refractivity contribution in [2.45, 2.75) is 65.3 Å². The summed E-state index contributed by atoms with van der Waals surface area (Å²) in [6, 6.07) is 20.7. The first kappa shape index (κ1) is 28.2. The average Bonchev–Trinajstić information content (AvgIpc) is 3.13. The third kappa shape index (κ3) is 5.36. The maximum atomic E-state index is 13.7. The van der Waals surface area contributed by atoms with Gasteiger partial charge in [-0.25, -0.2) is 0 Å². The van der Waals surface area contributed by atoms with Crippen LogP contribution in [0.4, 0.5) is 11.4 Å². The zero-order chi connectivity index (χ0) is 28.9. The second-order valence-electron chi connectivity index (χ2n) is 12.7. The van der Waals surface area contributed by atoms with Gasteiger partial charge in [-0.05, 0) is 70.3 Å². The quantitative estimate of drug-likeness (QED) is 0.221. The molecule has 204 valence electrons. The zero-order valence-electron chi connectivity index (χ0n) is 24.6. The van der Waals surface area contributed by atoms with Gasteiger partial charge >= 0.3 is 0 Å². The maximum Gasteiger partial charge on any atom is 0.300 e. The minimum absolute atomic E-state index is 0.0488. The van der Waals surface area contributed by atoms with Gasteiger partial charge in [0.05, 0.1) is 11.6 Å². The molecule has 5 nitrogen and oxygen atoms in total. The predicted molar refractivity (Wildman–Crippen MR) is 161 cm³/mol. The van der Waals surface area contributed by atoms with E-state index in [4.69, 9.17) is 0 Å². The highest BCUT2D eigenvalue weighted by Crippen LogP contribution is 2.43. The number of anilines is 2. The zero-order valence-corrected chi connectivity index (χ0v) is 24.6. The lowest BCUT2D eigenvalue weighted by Gasteiger charge is -2.27. The van der Waals surface area contributed by atoms with Crippen LogP contribution in [0, 0.1) is 6.92 Å². The number of aliphatic hydroxyl groups is 1. The number of carbonyl (C=O) groups excluding carboxylic acids is 2. The van der Waals surface area contributed by atoms with E-state index in [9.17, 15) is 14.7 Å². The van der Waals surface area contributed by atoms with E-state index in [-0.39, 0.29) is 22.2 Å². The lowest BCUT2D eigenvalue weighted by atomic mass is 9.84. The number of aliphatic hydroxyl groups excluding tert-OH is 1. The highest BCUT2D eigenvalue weighted by atomic mass is 16.3. The Morgan fingerprint density at radius 3 is 1.85 bits per heavy atom. The molecular formula is C34H40N2O3. The molecule has 1 unspecified atom stereocenters. The highest BCUT2D eigenvalue weighted by molar-refractivity contribution is 6.51. The molecule has 1 aliphatic heterocycles. The van der Waals surface area contributed by atoms with E-state index in [1.54, 1.807) is 0 Å². The first-order valence-electron chi connectivity index (χ1n) is 13.4. The van der Waals surface area contributed by atoms with Crippen molar-refractivity contribution in [3.05, 3.63) is 100 Å². The first-order chi connectivity index (χ1) is 18.1. The predicted octanol–water partition coefficient (Wildman–Crippen LogP) is 7.28. The molecule has 0 aromatic heterocycles. The summed E-state index contributed by atoms with van der Waals surface area (Å²) in [7, 11) is 3.90. The Morgan fingerprint density at radius 2 is 1.33 bits per heavy atom. The van der Waals surface area contributed by atoms with Gasteiger partial charge in [0.25, 0.3) is 11.7 Å². The van der Waals surface area contributed by atoms with Gasteiger partial charge in [0.2, 0.25) is 0 Å². The Bertz CT molecular complexity index is 1430. The molecule has 0 saturated carbocycles. The van der Waals surface area contributed by atoms with Crippen molar-refractivity contribution in [1.82, 2.24) is 0 Å². The van der Waals surface area contributed by atoms with Crippen LogP contribution in [0.1, 0.15) is 75.4 Å². The summed E-state index contributed by atoms with van der Waals surface area (Å²) in [5.41, 5.74) is 5.85. The Hall–Kier alpha value is -3.86. The van der Waals surface area contributed by atoms with Crippen LogP contribution in [0.5, 0.6) is 0 Å². The molecule has 1 N–H and O–H groups in total. The van der Waals surface area contributed by atoms with Crippen LogP contribution in [0.3, 0.4) is 0 Å². The van der Waals surface area contributed by atoms with Gasteiger partial charge in [-0.1, -0.05) is 77.9 Å². The van der Waals surface area contributed by atoms with E-state index >= 15 is 0 Å². The summed E-state index contributed by atoms with van der Waals surface area (Å²) < 4.78 is 0. The molecule has 4 rings (SSSR count). The molecule has 1 atom stereocenters. The number of aryl methyl sites for hydroxylation is 1. The van der Waals surface area contributed by atoms with Crippen LogP contribution in [0.2, 0.25) is 0 Å². The van der Waals surface area contributed by atoms with Gasteiger partial charge in [0, 0.05) is 31.0 Å². The lowest BCUT2D eigenvalue weighted by Crippen LogP contribution is -2.29. The Balaban J connectivity index is 1.95. The van der Waals surface area contributed by atoms with E-state index in [1.165, 1.54) is 4.90 Å². The number of ketones is 1. The van der Waals surface area contributed by atoms with Crippen molar-refractivity contribution < 1.29 is 14.7 Å². The molecule has 0 spiro atoms. The van der Waals surface area contributed by atoms with E-state index in [0.717, 1.165) is 27.9 Å². The van der Waals surface area contributed by atoms with Crippen LogP contribution < -0.4 is 9.80 Å². The molecule has 3 aromatic carbocycles. The number of amides is 1. The van der Waals surface area contributed by atoms with Crippen LogP contribution in [-0.2, 0) is 20.4 Å². The summed E-state index contributed by atoms with van der Waals surface area (Å²) in [5.74, 6) is -1.48. The topological polar surface area (TPSA) is 60.9 Å². The summed E-state index contributed by atoms with van der Waals surface area (Å²) in [5, 5.41) is 11.7. The van der Waals surface area contributed by atoms with Crippen LogP contribution in [0.15, 0.2) is 72.3 Å². The Kier molecular flexibility index (Phi) is 7.24. The van der Waals surface area contributed by atoms with E-state index < -0.39 is 17.7 Å². The van der Waals surface area contributed by atoms with Crippen molar-refractivity contribution in [2.24, 2.45) is 0 Å². The molecule has 0 aliphatic carbocycles. The third-order valence-corrected chi connectivity index (χ3v) is 7.54. The molecule has 0 radical (unpaired) electrons. The summed E-state index contributed by atoms with van der Waals surface area (Å²) in [4.78, 5) is 30.8. The highest BCUT2D eigenvalue weighted by Gasteiger charge is 2.47. The van der Waals surface area contributed by atoms with Gasteiger partial charge in [-0.15, -0.1) is 0 Å². The fourth-order valence-corrected chi connectivity index (χ4v) is 4.98. The first-order valence-corrected chi connectivity index (χ1v) is 13.4. The second kappa shape index (κ2) is 10.0. The summed E-state index contributed by atoms with van der Waals surface area (Å²) in [6.07, 6.45) is 0. The molecule has 39 heavy (non-hydrogen) atoms. The molecule has 1 heterocycles. The molecule has 1 saturated heterocycles. The standard InChI is InChI=1S/C34H40N2O3/c1-21-10-13-24(34(5,6)7)20-27(21)30(37)28-29(22-11-14-23(15-12-22)33(2,3)4)36(32(39)31(28)38)26-18-16-25(17-19-26)35(8)9/h10-20,29,37H,1-9H3/b30-28+. The molecular weight excluding hydrogens is 484 g/mol. The third-order valence-electron chi connectivity index (χ3n) is 7.54. The number of hydrogen-bond acceptors (Lipinski definition) is 4. The maximum absolute atomic E-state index is 13.7. The normalized spacial score (nSPS) is 17.6.